The Kier molecular flexibility index (Phi) is 4.90. The summed E-state index contributed by atoms with van der Waals surface area (Å²) in [4.78, 5) is 21.9. The van der Waals surface area contributed by atoms with E-state index in [1.165, 1.54) is 0 Å². The SMILES string of the molecule is O=C(C1CCOCC1)N1CCOC[C@@]2(CCN(c3ccccn3)C2)C1. The van der Waals surface area contributed by atoms with Gasteiger partial charge in [-0.05, 0) is 31.4 Å². The summed E-state index contributed by atoms with van der Waals surface area (Å²) >= 11 is 0. The summed E-state index contributed by atoms with van der Waals surface area (Å²) in [5.41, 5.74) is 0.0227. The number of aromatic nitrogens is 1. The molecule has 4 heterocycles. The molecule has 1 spiro atoms. The molecular formula is C19H27N3O3. The number of carbonyl (C=O) groups is 1. The molecule has 0 aromatic carbocycles. The predicted octanol–water partition coefficient (Wildman–Crippen LogP) is 1.56. The van der Waals surface area contributed by atoms with Gasteiger partial charge in [0.05, 0.1) is 13.2 Å². The van der Waals surface area contributed by atoms with Crippen molar-refractivity contribution in [1.82, 2.24) is 9.88 Å². The van der Waals surface area contributed by atoms with Gasteiger partial charge in [0.15, 0.2) is 0 Å². The van der Waals surface area contributed by atoms with E-state index in [0.29, 0.717) is 32.3 Å². The van der Waals surface area contributed by atoms with Crippen molar-refractivity contribution in [3.8, 4) is 0 Å². The molecule has 4 rings (SSSR count). The van der Waals surface area contributed by atoms with E-state index in [0.717, 1.165) is 51.3 Å². The third-order valence-corrected chi connectivity index (χ3v) is 5.73. The van der Waals surface area contributed by atoms with Crippen LogP contribution in [0.1, 0.15) is 19.3 Å². The van der Waals surface area contributed by atoms with Crippen LogP contribution in [0.15, 0.2) is 24.4 Å². The first-order valence-electron chi connectivity index (χ1n) is 9.36. The summed E-state index contributed by atoms with van der Waals surface area (Å²) in [5, 5.41) is 0. The Morgan fingerprint density at radius 2 is 2.00 bits per heavy atom. The van der Waals surface area contributed by atoms with Crippen LogP contribution in [0.2, 0.25) is 0 Å². The Hall–Kier alpha value is -1.66. The molecule has 6 nitrogen and oxygen atoms in total. The van der Waals surface area contributed by atoms with Gasteiger partial charge in [-0.2, -0.15) is 0 Å². The maximum atomic E-state index is 13.0. The average molecular weight is 345 g/mol. The third kappa shape index (κ3) is 3.65. The van der Waals surface area contributed by atoms with Gasteiger partial charge in [-0.1, -0.05) is 6.07 Å². The topological polar surface area (TPSA) is 54.9 Å². The van der Waals surface area contributed by atoms with Crippen LogP contribution in [-0.2, 0) is 14.3 Å². The quantitative estimate of drug-likeness (QED) is 0.814. The number of hydrogen-bond acceptors (Lipinski definition) is 5. The minimum Gasteiger partial charge on any atom is -0.381 e. The van der Waals surface area contributed by atoms with Crippen LogP contribution in [0.25, 0.3) is 0 Å². The second kappa shape index (κ2) is 7.30. The number of ether oxygens (including phenoxy) is 2. The van der Waals surface area contributed by atoms with Crippen LogP contribution in [0.4, 0.5) is 5.82 Å². The minimum atomic E-state index is 0.0227. The molecule has 0 N–H and O–H groups in total. The lowest BCUT2D eigenvalue weighted by molar-refractivity contribution is -0.139. The molecule has 0 bridgehead atoms. The summed E-state index contributed by atoms with van der Waals surface area (Å²) in [6.45, 7) is 6.17. The molecule has 1 atom stereocenters. The normalized spacial score (nSPS) is 28.3. The molecule has 0 unspecified atom stereocenters. The highest BCUT2D eigenvalue weighted by atomic mass is 16.5. The summed E-state index contributed by atoms with van der Waals surface area (Å²) in [6, 6.07) is 6.03. The molecule has 25 heavy (non-hydrogen) atoms. The molecule has 3 aliphatic rings. The fourth-order valence-electron chi connectivity index (χ4n) is 4.30. The molecule has 0 saturated carbocycles. The highest BCUT2D eigenvalue weighted by Gasteiger charge is 2.43. The van der Waals surface area contributed by atoms with Crippen molar-refractivity contribution in [2.45, 2.75) is 19.3 Å². The van der Waals surface area contributed by atoms with E-state index in [1.54, 1.807) is 0 Å². The van der Waals surface area contributed by atoms with E-state index < -0.39 is 0 Å². The number of rotatable bonds is 2. The van der Waals surface area contributed by atoms with Crippen molar-refractivity contribution in [1.29, 1.82) is 0 Å². The molecule has 3 fully saturated rings. The molecule has 1 aromatic heterocycles. The first-order chi connectivity index (χ1) is 12.3. The number of amides is 1. The van der Waals surface area contributed by atoms with Gasteiger partial charge in [0, 0.05) is 56.9 Å². The number of nitrogens with zero attached hydrogens (tertiary/aromatic N) is 3. The molecule has 1 amide bonds. The van der Waals surface area contributed by atoms with E-state index in [9.17, 15) is 4.79 Å². The third-order valence-electron chi connectivity index (χ3n) is 5.73. The second-order valence-electron chi connectivity index (χ2n) is 7.56. The lowest BCUT2D eigenvalue weighted by Gasteiger charge is -2.34. The Labute approximate surface area is 149 Å². The number of anilines is 1. The fourth-order valence-corrected chi connectivity index (χ4v) is 4.30. The zero-order chi connectivity index (χ0) is 17.1. The van der Waals surface area contributed by atoms with Gasteiger partial charge in [0.25, 0.3) is 0 Å². The highest BCUT2D eigenvalue weighted by Crippen LogP contribution is 2.36. The van der Waals surface area contributed by atoms with Gasteiger partial charge >= 0.3 is 0 Å². The standard InChI is InChI=1S/C19H27N3O3/c23-18(16-4-10-24-11-5-16)22-9-12-25-15-19(14-22)6-8-21(13-19)17-3-1-2-7-20-17/h1-3,7,16H,4-6,8-15H2/t19-/m1/s1. The zero-order valence-electron chi connectivity index (χ0n) is 14.7. The fraction of sp³-hybridized carbons (Fsp3) is 0.684. The van der Waals surface area contributed by atoms with Crippen LogP contribution in [-0.4, -0.2) is 68.4 Å². The monoisotopic (exact) mass is 345 g/mol. The van der Waals surface area contributed by atoms with E-state index in [2.05, 4.69) is 20.9 Å². The Morgan fingerprint density at radius 1 is 1.12 bits per heavy atom. The molecule has 0 aliphatic carbocycles. The lowest BCUT2D eigenvalue weighted by Crippen LogP contribution is -2.46. The molecule has 6 heteroatoms. The van der Waals surface area contributed by atoms with Crippen molar-refractivity contribution in [2.24, 2.45) is 11.3 Å². The smallest absolute Gasteiger partial charge is 0.225 e. The highest BCUT2D eigenvalue weighted by molar-refractivity contribution is 5.79. The van der Waals surface area contributed by atoms with Gasteiger partial charge in [-0.25, -0.2) is 4.98 Å². The molecule has 0 radical (unpaired) electrons. The van der Waals surface area contributed by atoms with Crippen molar-refractivity contribution in [2.75, 3.05) is 57.5 Å². The van der Waals surface area contributed by atoms with Crippen molar-refractivity contribution < 1.29 is 14.3 Å². The van der Waals surface area contributed by atoms with E-state index >= 15 is 0 Å². The van der Waals surface area contributed by atoms with Crippen molar-refractivity contribution in [3.05, 3.63) is 24.4 Å². The van der Waals surface area contributed by atoms with Gasteiger partial charge in [-0.15, -0.1) is 0 Å². The van der Waals surface area contributed by atoms with Gasteiger partial charge in [0.1, 0.15) is 5.82 Å². The maximum Gasteiger partial charge on any atom is 0.225 e. The second-order valence-corrected chi connectivity index (χ2v) is 7.56. The summed E-state index contributed by atoms with van der Waals surface area (Å²) < 4.78 is 11.3. The van der Waals surface area contributed by atoms with Crippen LogP contribution in [0.3, 0.4) is 0 Å². The lowest BCUT2D eigenvalue weighted by atomic mass is 9.87. The first-order valence-corrected chi connectivity index (χ1v) is 9.36. The predicted molar refractivity (Wildman–Crippen MR) is 94.4 cm³/mol. The average Bonchev–Trinajstić information content (AvgIpc) is 2.97. The maximum absolute atomic E-state index is 13.0. The number of hydrogen-bond donors (Lipinski definition) is 0. The number of pyridine rings is 1. The Morgan fingerprint density at radius 3 is 2.80 bits per heavy atom. The minimum absolute atomic E-state index is 0.0227. The van der Waals surface area contributed by atoms with Gasteiger partial charge in [0.2, 0.25) is 5.91 Å². The Bertz CT molecular complexity index is 591. The molecular weight excluding hydrogens is 318 g/mol. The molecule has 1 aromatic rings. The summed E-state index contributed by atoms with van der Waals surface area (Å²) in [5.74, 6) is 1.44. The van der Waals surface area contributed by atoms with Crippen LogP contribution < -0.4 is 4.90 Å². The zero-order valence-corrected chi connectivity index (χ0v) is 14.7. The molecule has 136 valence electrons. The van der Waals surface area contributed by atoms with E-state index in [4.69, 9.17) is 9.47 Å². The number of carbonyl (C=O) groups excluding carboxylic acids is 1. The van der Waals surface area contributed by atoms with Gasteiger partial charge < -0.3 is 19.3 Å². The van der Waals surface area contributed by atoms with Crippen molar-refractivity contribution >= 4 is 11.7 Å². The van der Waals surface area contributed by atoms with Crippen molar-refractivity contribution in [3.63, 3.8) is 0 Å². The van der Waals surface area contributed by atoms with Crippen LogP contribution in [0.5, 0.6) is 0 Å². The summed E-state index contributed by atoms with van der Waals surface area (Å²) in [6.07, 6.45) is 4.58. The summed E-state index contributed by atoms with van der Waals surface area (Å²) in [7, 11) is 0. The first kappa shape index (κ1) is 16.8. The molecule has 3 saturated heterocycles. The molecule has 3 aliphatic heterocycles. The largest absolute Gasteiger partial charge is 0.381 e. The van der Waals surface area contributed by atoms with Gasteiger partial charge in [-0.3, -0.25) is 4.79 Å². The van der Waals surface area contributed by atoms with Crippen LogP contribution >= 0.6 is 0 Å². The Balaban J connectivity index is 1.45. The van der Waals surface area contributed by atoms with E-state index in [-0.39, 0.29) is 11.3 Å². The van der Waals surface area contributed by atoms with E-state index in [1.807, 2.05) is 18.3 Å². The van der Waals surface area contributed by atoms with Crippen LogP contribution in [0, 0.1) is 11.3 Å².